The highest BCUT2D eigenvalue weighted by Crippen LogP contribution is 2.09. The molecule has 1 rings (SSSR count). The molecule has 1 fully saturated rings. The van der Waals surface area contributed by atoms with E-state index in [1.165, 1.54) is 4.90 Å². The van der Waals surface area contributed by atoms with Crippen molar-refractivity contribution in [2.75, 3.05) is 19.7 Å². The number of amides is 2. The maximum Gasteiger partial charge on any atom is 0.314 e. The minimum Gasteiger partial charge on any atom is -0.394 e. The molecule has 1 aliphatic heterocycles. The molecule has 0 aromatic carbocycles. The van der Waals surface area contributed by atoms with Crippen LogP contribution in [-0.4, -0.2) is 47.9 Å². The summed E-state index contributed by atoms with van der Waals surface area (Å²) in [5.74, 6) is 0. The fraction of sp³-hybridized carbons (Fsp3) is 0.857. The van der Waals surface area contributed by atoms with Crippen molar-refractivity contribution in [2.45, 2.75) is 19.1 Å². The number of primary amides is 1. The number of urea groups is 1. The molecule has 2 unspecified atom stereocenters. The van der Waals surface area contributed by atoms with Crippen molar-refractivity contribution >= 4 is 6.03 Å². The van der Waals surface area contributed by atoms with Gasteiger partial charge in [-0.25, -0.2) is 4.79 Å². The van der Waals surface area contributed by atoms with Gasteiger partial charge in [-0.1, -0.05) is 0 Å². The van der Waals surface area contributed by atoms with Gasteiger partial charge in [0.2, 0.25) is 0 Å². The number of nitrogens with two attached hydrogens (primary N) is 1. The molecule has 0 bridgehead atoms. The normalized spacial score (nSPS) is 30.3. The lowest BCUT2D eigenvalue weighted by molar-refractivity contribution is -0.0826. The van der Waals surface area contributed by atoms with E-state index in [-0.39, 0.29) is 18.8 Å². The molecule has 0 saturated carbocycles. The summed E-state index contributed by atoms with van der Waals surface area (Å²) in [6.07, 6.45) is -0.343. The lowest BCUT2D eigenvalue weighted by Crippen LogP contribution is -2.52. The number of morpholine rings is 1. The molecule has 0 aromatic rings. The molecule has 1 heterocycles. The van der Waals surface area contributed by atoms with Gasteiger partial charge in [0.05, 0.1) is 25.4 Å². The van der Waals surface area contributed by atoms with Crippen LogP contribution in [0.15, 0.2) is 0 Å². The van der Waals surface area contributed by atoms with Crippen molar-refractivity contribution < 1.29 is 14.6 Å². The molecule has 1 aliphatic rings. The van der Waals surface area contributed by atoms with Crippen molar-refractivity contribution in [3.63, 3.8) is 0 Å². The Bertz CT molecular complexity index is 174. The number of hydrogen-bond acceptors (Lipinski definition) is 3. The number of aliphatic hydroxyl groups excluding tert-OH is 1. The van der Waals surface area contributed by atoms with Crippen LogP contribution in [0.2, 0.25) is 0 Å². The Morgan fingerprint density at radius 2 is 2.42 bits per heavy atom. The molecule has 0 aromatic heterocycles. The first-order valence-electron chi connectivity index (χ1n) is 3.94. The second kappa shape index (κ2) is 3.73. The van der Waals surface area contributed by atoms with Crippen LogP contribution < -0.4 is 5.73 Å². The van der Waals surface area contributed by atoms with Crippen molar-refractivity contribution in [3.05, 3.63) is 0 Å². The van der Waals surface area contributed by atoms with E-state index in [1.54, 1.807) is 0 Å². The Balaban J connectivity index is 2.51. The Labute approximate surface area is 71.1 Å². The summed E-state index contributed by atoms with van der Waals surface area (Å²) in [4.78, 5) is 12.3. The average Bonchev–Trinajstić information content (AvgIpc) is 2.03. The molecule has 0 radical (unpaired) electrons. The molecule has 5 nitrogen and oxygen atoms in total. The van der Waals surface area contributed by atoms with E-state index in [1.807, 2.05) is 6.92 Å². The molecule has 0 spiro atoms. The van der Waals surface area contributed by atoms with Crippen LogP contribution in [-0.2, 0) is 4.74 Å². The van der Waals surface area contributed by atoms with Gasteiger partial charge in [-0.05, 0) is 6.92 Å². The molecular formula is C7H14N2O3. The Kier molecular flexibility index (Phi) is 2.88. The van der Waals surface area contributed by atoms with E-state index in [0.717, 1.165) is 0 Å². The molecule has 2 atom stereocenters. The van der Waals surface area contributed by atoms with Crippen LogP contribution in [0.1, 0.15) is 6.92 Å². The van der Waals surface area contributed by atoms with Gasteiger partial charge in [-0.2, -0.15) is 0 Å². The monoisotopic (exact) mass is 174 g/mol. The molecule has 3 N–H and O–H groups in total. The van der Waals surface area contributed by atoms with Crippen molar-refractivity contribution in [1.29, 1.82) is 0 Å². The van der Waals surface area contributed by atoms with Crippen LogP contribution in [0.3, 0.4) is 0 Å². The predicted molar refractivity (Wildman–Crippen MR) is 42.6 cm³/mol. The lowest BCUT2D eigenvalue weighted by Gasteiger charge is -2.34. The quantitative estimate of drug-likeness (QED) is 0.543. The average molecular weight is 174 g/mol. The molecule has 5 heteroatoms. The molecular weight excluding hydrogens is 160 g/mol. The summed E-state index contributed by atoms with van der Waals surface area (Å²) in [7, 11) is 0. The number of hydrogen-bond donors (Lipinski definition) is 2. The van der Waals surface area contributed by atoms with Crippen LogP contribution in [0.5, 0.6) is 0 Å². The molecule has 70 valence electrons. The highest BCUT2D eigenvalue weighted by atomic mass is 16.5. The van der Waals surface area contributed by atoms with Gasteiger partial charge in [0.1, 0.15) is 0 Å². The van der Waals surface area contributed by atoms with E-state index < -0.39 is 6.03 Å². The zero-order valence-corrected chi connectivity index (χ0v) is 7.06. The van der Waals surface area contributed by atoms with Crippen molar-refractivity contribution in [2.24, 2.45) is 5.73 Å². The number of aliphatic hydroxyl groups is 1. The largest absolute Gasteiger partial charge is 0.394 e. The van der Waals surface area contributed by atoms with Gasteiger partial charge < -0.3 is 20.5 Å². The maximum atomic E-state index is 10.8. The predicted octanol–water partition coefficient (Wildman–Crippen LogP) is -0.853. The minimum absolute atomic E-state index is 0.0524. The third-order valence-corrected chi connectivity index (χ3v) is 1.84. The number of carbonyl (C=O) groups excluding carboxylic acids is 1. The number of rotatable bonds is 1. The Morgan fingerprint density at radius 3 is 2.92 bits per heavy atom. The third kappa shape index (κ3) is 2.09. The summed E-state index contributed by atoms with van der Waals surface area (Å²) in [5.41, 5.74) is 5.10. The Morgan fingerprint density at radius 1 is 1.75 bits per heavy atom. The van der Waals surface area contributed by atoms with Gasteiger partial charge >= 0.3 is 6.03 Å². The van der Waals surface area contributed by atoms with Gasteiger partial charge in [0, 0.05) is 6.54 Å². The molecule has 1 saturated heterocycles. The SMILES string of the molecule is CC1CN(C(N)=O)CC(CO)O1. The highest BCUT2D eigenvalue weighted by Gasteiger charge is 2.26. The minimum atomic E-state index is -0.455. The van der Waals surface area contributed by atoms with Gasteiger partial charge in [0.15, 0.2) is 0 Å². The maximum absolute atomic E-state index is 10.8. The van der Waals surface area contributed by atoms with E-state index in [4.69, 9.17) is 15.6 Å². The summed E-state index contributed by atoms with van der Waals surface area (Å²) in [6.45, 7) is 2.66. The highest BCUT2D eigenvalue weighted by molar-refractivity contribution is 5.72. The number of carbonyl (C=O) groups is 1. The molecule has 12 heavy (non-hydrogen) atoms. The van der Waals surface area contributed by atoms with Crippen molar-refractivity contribution in [3.8, 4) is 0 Å². The smallest absolute Gasteiger partial charge is 0.314 e. The van der Waals surface area contributed by atoms with Crippen molar-refractivity contribution in [1.82, 2.24) is 4.90 Å². The fourth-order valence-electron chi connectivity index (χ4n) is 1.33. The number of nitrogens with zero attached hydrogens (tertiary/aromatic N) is 1. The van der Waals surface area contributed by atoms with E-state index in [0.29, 0.717) is 13.1 Å². The lowest BCUT2D eigenvalue weighted by atomic mass is 10.2. The summed E-state index contributed by atoms with van der Waals surface area (Å²) >= 11 is 0. The standard InChI is InChI=1S/C7H14N2O3/c1-5-2-9(7(8)11)3-6(4-10)12-5/h5-6,10H,2-4H2,1H3,(H2,8,11). The summed E-state index contributed by atoms with van der Waals surface area (Å²) in [5, 5.41) is 8.80. The fourth-order valence-corrected chi connectivity index (χ4v) is 1.33. The van der Waals surface area contributed by atoms with Crippen LogP contribution in [0, 0.1) is 0 Å². The summed E-state index contributed by atoms with van der Waals surface area (Å²) in [6, 6.07) is -0.455. The first-order chi connectivity index (χ1) is 5.63. The zero-order chi connectivity index (χ0) is 9.14. The second-order valence-corrected chi connectivity index (χ2v) is 2.99. The zero-order valence-electron chi connectivity index (χ0n) is 7.06. The van der Waals surface area contributed by atoms with Gasteiger partial charge in [0.25, 0.3) is 0 Å². The molecule has 0 aliphatic carbocycles. The van der Waals surface area contributed by atoms with E-state index >= 15 is 0 Å². The van der Waals surface area contributed by atoms with E-state index in [9.17, 15) is 4.79 Å². The van der Waals surface area contributed by atoms with E-state index in [2.05, 4.69) is 0 Å². The van der Waals surface area contributed by atoms with Crippen LogP contribution in [0.25, 0.3) is 0 Å². The Hall–Kier alpha value is -0.810. The van der Waals surface area contributed by atoms with Crippen LogP contribution in [0.4, 0.5) is 4.79 Å². The molecule has 2 amide bonds. The third-order valence-electron chi connectivity index (χ3n) is 1.84. The first kappa shape index (κ1) is 9.28. The first-order valence-corrected chi connectivity index (χ1v) is 3.94. The topological polar surface area (TPSA) is 75.8 Å². The number of ether oxygens (including phenoxy) is 1. The summed E-state index contributed by atoms with van der Waals surface area (Å²) < 4.78 is 5.32. The van der Waals surface area contributed by atoms with Gasteiger partial charge in [-0.15, -0.1) is 0 Å². The second-order valence-electron chi connectivity index (χ2n) is 2.99. The van der Waals surface area contributed by atoms with Crippen LogP contribution >= 0.6 is 0 Å². The van der Waals surface area contributed by atoms with Gasteiger partial charge in [-0.3, -0.25) is 0 Å².